The second-order valence-electron chi connectivity index (χ2n) is 7.44. The second-order valence-corrected chi connectivity index (χ2v) is 8.29. The predicted molar refractivity (Wildman–Crippen MR) is 128 cm³/mol. The van der Waals surface area contributed by atoms with E-state index in [0.29, 0.717) is 52.1 Å². The number of amides is 1. The number of aliphatic hydroxyl groups is 1. The van der Waals surface area contributed by atoms with Crippen LogP contribution in [0.2, 0.25) is 10.0 Å². The van der Waals surface area contributed by atoms with Crippen molar-refractivity contribution < 1.29 is 14.8 Å². The van der Waals surface area contributed by atoms with E-state index in [-0.39, 0.29) is 18.2 Å². The maximum Gasteiger partial charge on any atom is 0.287 e. The number of hydrogen-bond acceptors (Lipinski definition) is 6. The third-order valence-electron chi connectivity index (χ3n) is 4.86. The molecule has 33 heavy (non-hydrogen) atoms. The van der Waals surface area contributed by atoms with Gasteiger partial charge >= 0.3 is 0 Å². The van der Waals surface area contributed by atoms with Crippen molar-refractivity contribution >= 4 is 40.6 Å². The zero-order valence-corrected chi connectivity index (χ0v) is 19.3. The minimum Gasteiger partial charge on any atom is -0.394 e. The first kappa shape index (κ1) is 24.5. The highest BCUT2D eigenvalue weighted by Gasteiger charge is 2.19. The van der Waals surface area contributed by atoms with E-state index < -0.39 is 11.0 Å². The van der Waals surface area contributed by atoms with E-state index in [4.69, 9.17) is 23.2 Å². The lowest BCUT2D eigenvalue weighted by molar-refractivity contribution is -0.385. The van der Waals surface area contributed by atoms with E-state index in [1.54, 1.807) is 37.4 Å². The highest BCUT2D eigenvalue weighted by molar-refractivity contribution is 6.36. The van der Waals surface area contributed by atoms with Gasteiger partial charge in [0, 0.05) is 58.8 Å². The monoisotopic (exact) mass is 491 g/mol. The molecule has 11 heteroatoms. The van der Waals surface area contributed by atoms with Crippen LogP contribution in [-0.4, -0.2) is 44.7 Å². The Morgan fingerprint density at radius 1 is 1.24 bits per heavy atom. The van der Waals surface area contributed by atoms with Crippen molar-refractivity contribution in [3.63, 3.8) is 0 Å². The SMILES string of the molecule is C[C@H](CO)NC(=O)c1cn(CCCNc2ccc([N+](=O)[O-])cn2)cc1-c1ccc(Cl)cc1Cl. The Labute approximate surface area is 200 Å². The van der Waals surface area contributed by atoms with Crippen molar-refractivity contribution in [2.75, 3.05) is 18.5 Å². The van der Waals surface area contributed by atoms with E-state index in [1.165, 1.54) is 12.3 Å². The lowest BCUT2D eigenvalue weighted by atomic mass is 10.0. The number of carbonyl (C=O) groups excluding carboxylic acids is 1. The van der Waals surface area contributed by atoms with Gasteiger partial charge in [-0.05, 0) is 31.5 Å². The summed E-state index contributed by atoms with van der Waals surface area (Å²) >= 11 is 12.4. The molecule has 0 aliphatic carbocycles. The number of hydrogen-bond donors (Lipinski definition) is 3. The molecule has 2 aromatic heterocycles. The van der Waals surface area contributed by atoms with E-state index >= 15 is 0 Å². The zero-order valence-electron chi connectivity index (χ0n) is 17.8. The number of benzene rings is 1. The highest BCUT2D eigenvalue weighted by Crippen LogP contribution is 2.33. The lowest BCUT2D eigenvalue weighted by Gasteiger charge is -2.11. The van der Waals surface area contributed by atoms with Crippen LogP contribution >= 0.6 is 23.2 Å². The number of aliphatic hydroxyl groups excluding tert-OH is 1. The topological polar surface area (TPSA) is 122 Å². The Balaban J connectivity index is 1.72. The average molecular weight is 492 g/mol. The van der Waals surface area contributed by atoms with Gasteiger partial charge < -0.3 is 20.3 Å². The van der Waals surface area contributed by atoms with Crippen molar-refractivity contribution in [1.29, 1.82) is 0 Å². The smallest absolute Gasteiger partial charge is 0.287 e. The van der Waals surface area contributed by atoms with E-state index in [9.17, 15) is 20.0 Å². The average Bonchev–Trinajstić information content (AvgIpc) is 3.21. The van der Waals surface area contributed by atoms with Gasteiger partial charge in [0.25, 0.3) is 11.6 Å². The van der Waals surface area contributed by atoms with Crippen LogP contribution in [0.15, 0.2) is 48.9 Å². The van der Waals surface area contributed by atoms with E-state index in [0.717, 1.165) is 0 Å². The van der Waals surface area contributed by atoms with Crippen LogP contribution in [0, 0.1) is 10.1 Å². The molecule has 3 aromatic rings. The summed E-state index contributed by atoms with van der Waals surface area (Å²) in [4.78, 5) is 27.0. The third-order valence-corrected chi connectivity index (χ3v) is 5.40. The molecule has 1 amide bonds. The fourth-order valence-corrected chi connectivity index (χ4v) is 3.67. The summed E-state index contributed by atoms with van der Waals surface area (Å²) in [6.07, 6.45) is 5.49. The fourth-order valence-electron chi connectivity index (χ4n) is 3.16. The van der Waals surface area contributed by atoms with Gasteiger partial charge in [-0.2, -0.15) is 0 Å². The number of aryl methyl sites for hydroxylation is 1. The lowest BCUT2D eigenvalue weighted by Crippen LogP contribution is -2.35. The maximum atomic E-state index is 12.8. The summed E-state index contributed by atoms with van der Waals surface area (Å²) in [6.45, 7) is 2.71. The predicted octanol–water partition coefficient (Wildman–Crippen LogP) is 4.38. The van der Waals surface area contributed by atoms with E-state index in [2.05, 4.69) is 15.6 Å². The van der Waals surface area contributed by atoms with Crippen molar-refractivity contribution in [3.05, 3.63) is 74.6 Å². The normalized spacial score (nSPS) is 11.8. The summed E-state index contributed by atoms with van der Waals surface area (Å²) in [6, 6.07) is 7.64. The van der Waals surface area contributed by atoms with Crippen LogP contribution in [-0.2, 0) is 6.54 Å². The first-order valence-corrected chi connectivity index (χ1v) is 11.0. The first-order valence-electron chi connectivity index (χ1n) is 10.2. The molecule has 0 bridgehead atoms. The van der Waals surface area contributed by atoms with Crippen molar-refractivity contribution in [1.82, 2.24) is 14.9 Å². The zero-order chi connectivity index (χ0) is 24.0. The number of carbonyl (C=O) groups is 1. The quantitative estimate of drug-likeness (QED) is 0.219. The molecule has 0 saturated carbocycles. The molecule has 174 valence electrons. The Morgan fingerprint density at radius 3 is 2.67 bits per heavy atom. The molecular formula is C22H23Cl2N5O4. The van der Waals surface area contributed by atoms with Gasteiger partial charge in [-0.3, -0.25) is 14.9 Å². The standard InChI is InChI=1S/C22H23Cl2N5O4/c1-14(13-30)27-22(31)19-12-28(11-18(19)17-5-3-15(23)9-20(17)24)8-2-7-25-21-6-4-16(10-26-21)29(32)33/h3-6,9-12,14,30H,2,7-8,13H2,1H3,(H,25,26)(H,27,31)/t14-/m1/s1. The number of aromatic nitrogens is 2. The number of anilines is 1. The number of nitrogens with one attached hydrogen (secondary N) is 2. The molecule has 3 N–H and O–H groups in total. The molecule has 0 aliphatic rings. The second kappa shape index (κ2) is 11.1. The number of pyridine rings is 1. The van der Waals surface area contributed by atoms with Crippen LogP contribution in [0.4, 0.5) is 11.5 Å². The first-order chi connectivity index (χ1) is 15.8. The molecule has 1 atom stereocenters. The minimum absolute atomic E-state index is 0.0670. The Kier molecular flexibility index (Phi) is 8.26. The molecule has 9 nitrogen and oxygen atoms in total. The molecule has 0 radical (unpaired) electrons. The maximum absolute atomic E-state index is 12.8. The van der Waals surface area contributed by atoms with Crippen LogP contribution < -0.4 is 10.6 Å². The number of halogens is 2. The summed E-state index contributed by atoms with van der Waals surface area (Å²) < 4.78 is 1.89. The van der Waals surface area contributed by atoms with Crippen molar-refractivity contribution in [2.45, 2.75) is 25.9 Å². The molecular weight excluding hydrogens is 469 g/mol. The summed E-state index contributed by atoms with van der Waals surface area (Å²) in [5.74, 6) is 0.226. The fraction of sp³-hybridized carbons (Fsp3) is 0.273. The highest BCUT2D eigenvalue weighted by atomic mass is 35.5. The van der Waals surface area contributed by atoms with Gasteiger partial charge in [-0.1, -0.05) is 29.3 Å². The van der Waals surface area contributed by atoms with Crippen LogP contribution in [0.25, 0.3) is 11.1 Å². The summed E-state index contributed by atoms with van der Waals surface area (Å²) in [5, 5.41) is 26.8. The number of rotatable bonds is 10. The molecule has 0 unspecified atom stereocenters. The third kappa shape index (κ3) is 6.44. The molecule has 0 fully saturated rings. The van der Waals surface area contributed by atoms with Crippen molar-refractivity contribution in [2.24, 2.45) is 0 Å². The Morgan fingerprint density at radius 2 is 2.03 bits per heavy atom. The van der Waals surface area contributed by atoms with Gasteiger partial charge in [0.2, 0.25) is 0 Å². The summed E-state index contributed by atoms with van der Waals surface area (Å²) in [7, 11) is 0. The van der Waals surface area contributed by atoms with Crippen LogP contribution in [0.3, 0.4) is 0 Å². The largest absolute Gasteiger partial charge is 0.394 e. The molecule has 3 rings (SSSR count). The molecule has 2 heterocycles. The minimum atomic E-state index is -0.498. The number of nitrogens with zero attached hydrogens (tertiary/aromatic N) is 3. The number of nitro groups is 1. The molecule has 0 saturated heterocycles. The Bertz CT molecular complexity index is 1130. The summed E-state index contributed by atoms with van der Waals surface area (Å²) in [5.41, 5.74) is 1.70. The molecule has 0 spiro atoms. The van der Waals surface area contributed by atoms with Crippen LogP contribution in [0.5, 0.6) is 0 Å². The molecule has 1 aromatic carbocycles. The van der Waals surface area contributed by atoms with Gasteiger partial charge in [0.15, 0.2) is 0 Å². The van der Waals surface area contributed by atoms with Gasteiger partial charge in [-0.15, -0.1) is 0 Å². The van der Waals surface area contributed by atoms with Crippen molar-refractivity contribution in [3.8, 4) is 11.1 Å². The van der Waals surface area contributed by atoms with Crippen LogP contribution in [0.1, 0.15) is 23.7 Å². The molecule has 0 aliphatic heterocycles. The van der Waals surface area contributed by atoms with Gasteiger partial charge in [-0.25, -0.2) is 4.98 Å². The Hall–Kier alpha value is -3.14. The van der Waals surface area contributed by atoms with Gasteiger partial charge in [0.1, 0.15) is 12.0 Å². The van der Waals surface area contributed by atoms with E-state index in [1.807, 2.05) is 10.8 Å². The van der Waals surface area contributed by atoms with Gasteiger partial charge in [0.05, 0.1) is 17.1 Å².